The van der Waals surface area contributed by atoms with Crippen molar-refractivity contribution in [3.63, 3.8) is 0 Å². The normalized spacial score (nSPS) is 10.7. The van der Waals surface area contributed by atoms with E-state index in [2.05, 4.69) is 47.6 Å². The predicted molar refractivity (Wildman–Crippen MR) is 116 cm³/mol. The first-order chi connectivity index (χ1) is 14.1. The Balaban J connectivity index is 1.54. The number of hydrogen-bond acceptors (Lipinski definition) is 6. The Morgan fingerprint density at radius 3 is 2.66 bits per heavy atom. The first-order valence-corrected chi connectivity index (χ1v) is 10.6. The molecule has 6 nitrogen and oxygen atoms in total. The zero-order chi connectivity index (χ0) is 20.6. The number of carbonyl (C=O) groups excluding carboxylic acids is 1. The highest BCUT2D eigenvalue weighted by atomic mass is 32.2. The molecule has 0 aliphatic carbocycles. The van der Waals surface area contributed by atoms with E-state index in [-0.39, 0.29) is 18.3 Å². The summed E-state index contributed by atoms with van der Waals surface area (Å²) in [6.07, 6.45) is 0. The summed E-state index contributed by atoms with van der Waals surface area (Å²) in [6, 6.07) is 16.0. The molecule has 0 spiro atoms. The summed E-state index contributed by atoms with van der Waals surface area (Å²) < 4.78 is 7.35. The number of thioether (sulfide) groups is 1. The summed E-state index contributed by atoms with van der Waals surface area (Å²) in [7, 11) is 0. The van der Waals surface area contributed by atoms with Gasteiger partial charge in [-0.3, -0.25) is 4.79 Å². The maximum absolute atomic E-state index is 12.1. The van der Waals surface area contributed by atoms with E-state index in [1.54, 1.807) is 0 Å². The lowest BCUT2D eigenvalue weighted by atomic mass is 10.1. The maximum Gasteiger partial charge on any atom is 0.316 e. The highest BCUT2D eigenvalue weighted by Gasteiger charge is 2.14. The van der Waals surface area contributed by atoms with Crippen LogP contribution < -0.4 is 5.32 Å². The van der Waals surface area contributed by atoms with Gasteiger partial charge in [0.1, 0.15) is 6.61 Å². The molecule has 0 saturated carbocycles. The lowest BCUT2D eigenvalue weighted by Crippen LogP contribution is -2.11. The van der Waals surface area contributed by atoms with E-state index < -0.39 is 0 Å². The number of esters is 1. The van der Waals surface area contributed by atoms with Gasteiger partial charge in [-0.25, -0.2) is 0 Å². The maximum atomic E-state index is 12.1. The molecule has 0 fully saturated rings. The number of nitrogens with zero attached hydrogens (tertiary/aromatic N) is 3. The van der Waals surface area contributed by atoms with Crippen LogP contribution in [-0.2, 0) is 29.2 Å². The molecule has 3 rings (SSSR count). The van der Waals surface area contributed by atoms with Crippen molar-refractivity contribution in [2.75, 3.05) is 11.1 Å². The van der Waals surface area contributed by atoms with Crippen molar-refractivity contribution < 1.29 is 9.53 Å². The van der Waals surface area contributed by atoms with Crippen LogP contribution >= 0.6 is 11.8 Å². The highest BCUT2D eigenvalue weighted by Crippen LogP contribution is 2.20. The van der Waals surface area contributed by atoms with Crippen molar-refractivity contribution in [3.05, 3.63) is 71.0 Å². The van der Waals surface area contributed by atoms with E-state index in [0.29, 0.717) is 6.54 Å². The van der Waals surface area contributed by atoms with Crippen LogP contribution in [0.25, 0.3) is 0 Å². The van der Waals surface area contributed by atoms with E-state index in [9.17, 15) is 4.79 Å². The minimum atomic E-state index is -0.264. The van der Waals surface area contributed by atoms with Gasteiger partial charge in [0.2, 0.25) is 0 Å². The number of hydrogen-bond donors (Lipinski definition) is 1. The van der Waals surface area contributed by atoms with Gasteiger partial charge in [0, 0.05) is 12.2 Å². The molecule has 0 bridgehead atoms. The summed E-state index contributed by atoms with van der Waals surface area (Å²) in [5.41, 5.74) is 4.49. The Hall–Kier alpha value is -2.80. The Labute approximate surface area is 175 Å². The van der Waals surface area contributed by atoms with E-state index in [1.807, 2.05) is 41.8 Å². The second-order valence-corrected chi connectivity index (χ2v) is 7.69. The van der Waals surface area contributed by atoms with Crippen LogP contribution in [0.2, 0.25) is 0 Å². The molecular weight excluding hydrogens is 384 g/mol. The monoisotopic (exact) mass is 410 g/mol. The average Bonchev–Trinajstić information content (AvgIpc) is 3.12. The predicted octanol–water partition coefficient (Wildman–Crippen LogP) is 4.36. The van der Waals surface area contributed by atoms with Gasteiger partial charge in [0.15, 0.2) is 11.0 Å². The largest absolute Gasteiger partial charge is 0.460 e. The van der Waals surface area contributed by atoms with Gasteiger partial charge in [0.25, 0.3) is 0 Å². The Bertz CT molecular complexity index is 957. The Kier molecular flexibility index (Phi) is 7.30. The van der Waals surface area contributed by atoms with Gasteiger partial charge in [-0.1, -0.05) is 59.8 Å². The first kappa shape index (κ1) is 20.9. The minimum absolute atomic E-state index is 0.204. The number of carbonyl (C=O) groups is 1. The number of ether oxygens (including phenoxy) is 1. The third-order valence-electron chi connectivity index (χ3n) is 4.49. The number of anilines is 1. The molecule has 0 saturated heterocycles. The molecule has 3 aromatic rings. The lowest BCUT2D eigenvalue weighted by molar-refractivity contribution is -0.141. The second kappa shape index (κ2) is 10.1. The van der Waals surface area contributed by atoms with Gasteiger partial charge in [0.05, 0.1) is 12.3 Å². The van der Waals surface area contributed by atoms with Gasteiger partial charge in [-0.15, -0.1) is 10.2 Å². The van der Waals surface area contributed by atoms with E-state index in [0.717, 1.165) is 28.8 Å². The summed E-state index contributed by atoms with van der Waals surface area (Å²) >= 11 is 1.35. The van der Waals surface area contributed by atoms with Crippen LogP contribution in [0.1, 0.15) is 29.4 Å². The van der Waals surface area contributed by atoms with E-state index >= 15 is 0 Å². The first-order valence-electron chi connectivity index (χ1n) is 9.62. The molecule has 29 heavy (non-hydrogen) atoms. The molecule has 0 radical (unpaired) electrons. The molecule has 0 aliphatic rings. The van der Waals surface area contributed by atoms with Crippen molar-refractivity contribution in [1.29, 1.82) is 0 Å². The smallest absolute Gasteiger partial charge is 0.316 e. The molecule has 152 valence electrons. The summed E-state index contributed by atoms with van der Waals surface area (Å²) in [6.45, 7) is 7.80. The molecule has 1 N–H and O–H groups in total. The molecule has 0 unspecified atom stereocenters. The summed E-state index contributed by atoms with van der Waals surface area (Å²) in [4.78, 5) is 12.1. The summed E-state index contributed by atoms with van der Waals surface area (Å²) in [5.74, 6) is 0.780. The highest BCUT2D eigenvalue weighted by molar-refractivity contribution is 7.99. The number of nitrogens with one attached hydrogen (secondary N) is 1. The van der Waals surface area contributed by atoms with Crippen LogP contribution in [0, 0.1) is 13.8 Å². The zero-order valence-electron chi connectivity index (χ0n) is 17.0. The number of rotatable bonds is 9. The van der Waals surface area contributed by atoms with E-state index in [1.165, 1.54) is 22.9 Å². The van der Waals surface area contributed by atoms with Crippen molar-refractivity contribution in [2.24, 2.45) is 0 Å². The van der Waals surface area contributed by atoms with Crippen molar-refractivity contribution in [2.45, 2.75) is 45.6 Å². The molecular formula is C22H26N4O2S. The average molecular weight is 411 g/mol. The van der Waals surface area contributed by atoms with Gasteiger partial charge in [-0.2, -0.15) is 0 Å². The van der Waals surface area contributed by atoms with E-state index in [4.69, 9.17) is 4.74 Å². The molecule has 1 aromatic heterocycles. The van der Waals surface area contributed by atoms with Gasteiger partial charge < -0.3 is 14.6 Å². The standard InChI is InChI=1S/C22H26N4O2S/c1-4-26-20(13-23-19-11-10-16(2)12-17(19)3)24-25-22(26)29-15-21(27)28-14-18-8-6-5-7-9-18/h5-12,23H,4,13-15H2,1-3H3. The van der Waals surface area contributed by atoms with Crippen LogP contribution in [0.5, 0.6) is 0 Å². The Morgan fingerprint density at radius 1 is 1.14 bits per heavy atom. The molecule has 0 atom stereocenters. The summed E-state index contributed by atoms with van der Waals surface area (Å²) in [5, 5.41) is 12.7. The van der Waals surface area contributed by atoms with Crippen molar-refractivity contribution >= 4 is 23.4 Å². The topological polar surface area (TPSA) is 69.0 Å². The van der Waals surface area contributed by atoms with Gasteiger partial charge >= 0.3 is 5.97 Å². The number of benzene rings is 2. The Morgan fingerprint density at radius 2 is 1.93 bits per heavy atom. The fourth-order valence-corrected chi connectivity index (χ4v) is 3.78. The van der Waals surface area contributed by atoms with Crippen molar-refractivity contribution in [1.82, 2.24) is 14.8 Å². The minimum Gasteiger partial charge on any atom is -0.460 e. The van der Waals surface area contributed by atoms with Crippen LogP contribution in [0.3, 0.4) is 0 Å². The fourth-order valence-electron chi connectivity index (χ4n) is 2.96. The van der Waals surface area contributed by atoms with Crippen LogP contribution in [-0.4, -0.2) is 26.5 Å². The number of aromatic nitrogens is 3. The third-order valence-corrected chi connectivity index (χ3v) is 5.43. The molecule has 2 aromatic carbocycles. The van der Waals surface area contributed by atoms with Crippen molar-refractivity contribution in [3.8, 4) is 0 Å². The lowest BCUT2D eigenvalue weighted by Gasteiger charge is -2.11. The molecule has 0 aliphatic heterocycles. The molecule has 1 heterocycles. The van der Waals surface area contributed by atoms with Crippen LogP contribution in [0.15, 0.2) is 53.7 Å². The molecule has 7 heteroatoms. The SMILES string of the molecule is CCn1c(CNc2ccc(C)cc2C)nnc1SCC(=O)OCc1ccccc1. The second-order valence-electron chi connectivity index (χ2n) is 6.75. The third kappa shape index (κ3) is 5.84. The van der Waals surface area contributed by atoms with Crippen LogP contribution in [0.4, 0.5) is 5.69 Å². The number of aryl methyl sites for hydroxylation is 2. The van der Waals surface area contributed by atoms with Gasteiger partial charge in [-0.05, 0) is 38.0 Å². The zero-order valence-corrected chi connectivity index (χ0v) is 17.8. The fraction of sp³-hybridized carbons (Fsp3) is 0.318. The molecule has 0 amide bonds. The quantitative estimate of drug-likeness (QED) is 0.417.